The molecule has 0 aromatic carbocycles. The Kier molecular flexibility index (Phi) is 2.71. The Morgan fingerprint density at radius 2 is 2.07 bits per heavy atom. The van der Waals surface area contributed by atoms with E-state index in [1.807, 2.05) is 0 Å². The van der Waals surface area contributed by atoms with Crippen LogP contribution >= 0.6 is 0 Å². The van der Waals surface area contributed by atoms with E-state index < -0.39 is 0 Å². The number of aliphatic hydroxyl groups is 1. The van der Waals surface area contributed by atoms with Gasteiger partial charge in [0.25, 0.3) is 0 Å². The highest BCUT2D eigenvalue weighted by Crippen LogP contribution is 2.37. The van der Waals surface area contributed by atoms with Crippen molar-refractivity contribution in [2.45, 2.75) is 37.8 Å². The quantitative estimate of drug-likeness (QED) is 0.698. The molecule has 3 aliphatic rings. The first-order valence-corrected chi connectivity index (χ1v) is 6.34. The Labute approximate surface area is 91.4 Å². The van der Waals surface area contributed by atoms with E-state index in [2.05, 4.69) is 4.90 Å². The van der Waals surface area contributed by atoms with Crippen LogP contribution in [0.5, 0.6) is 0 Å². The minimum atomic E-state index is -0.0314. The highest BCUT2D eigenvalue weighted by atomic mass is 16.5. The normalized spacial score (nSPS) is 47.0. The highest BCUT2D eigenvalue weighted by Gasteiger charge is 2.41. The molecule has 0 spiro atoms. The molecule has 2 heterocycles. The van der Waals surface area contributed by atoms with Crippen LogP contribution in [0.15, 0.2) is 0 Å². The predicted octanol–water partition coefficient (Wildman–Crippen LogP) is 0.868. The van der Waals surface area contributed by atoms with Gasteiger partial charge in [0.1, 0.15) is 0 Å². The minimum Gasteiger partial charge on any atom is -0.393 e. The molecule has 0 unspecified atom stereocenters. The van der Waals surface area contributed by atoms with Crippen LogP contribution in [0.3, 0.4) is 0 Å². The van der Waals surface area contributed by atoms with Gasteiger partial charge in [0.2, 0.25) is 0 Å². The summed E-state index contributed by atoms with van der Waals surface area (Å²) in [4.78, 5) is 2.57. The number of ether oxygens (including phenoxy) is 1. The van der Waals surface area contributed by atoms with Crippen molar-refractivity contribution in [2.24, 2.45) is 11.8 Å². The molecule has 0 amide bonds. The fraction of sp³-hybridized carbons (Fsp3) is 1.00. The topological polar surface area (TPSA) is 32.7 Å². The maximum absolute atomic E-state index is 9.98. The van der Waals surface area contributed by atoms with E-state index in [9.17, 15) is 5.11 Å². The van der Waals surface area contributed by atoms with E-state index in [0.29, 0.717) is 12.0 Å². The maximum Gasteiger partial charge on any atom is 0.0622 e. The van der Waals surface area contributed by atoms with Crippen molar-refractivity contribution in [3.05, 3.63) is 0 Å². The molecule has 3 fully saturated rings. The molecule has 0 bridgehead atoms. The Morgan fingerprint density at radius 3 is 2.80 bits per heavy atom. The van der Waals surface area contributed by atoms with Gasteiger partial charge in [-0.3, -0.25) is 4.90 Å². The highest BCUT2D eigenvalue weighted by molar-refractivity contribution is 4.94. The second kappa shape index (κ2) is 4.04. The van der Waals surface area contributed by atoms with Crippen molar-refractivity contribution < 1.29 is 9.84 Å². The lowest BCUT2D eigenvalue weighted by Gasteiger charge is -2.29. The van der Waals surface area contributed by atoms with Crippen LogP contribution in [0.25, 0.3) is 0 Å². The van der Waals surface area contributed by atoms with Gasteiger partial charge < -0.3 is 9.84 Å². The lowest BCUT2D eigenvalue weighted by Crippen LogP contribution is -2.35. The van der Waals surface area contributed by atoms with Crippen molar-refractivity contribution in [3.63, 3.8) is 0 Å². The molecule has 0 aromatic rings. The standard InChI is InChI=1S/C12H21NO2/c14-12-3-1-2-9-6-13(7-11(9)12)10-4-5-15-8-10/h9-12,14H,1-8H2/t9-,10+,11+,12+/m0/s1. The molecule has 15 heavy (non-hydrogen) atoms. The monoisotopic (exact) mass is 211 g/mol. The number of hydrogen-bond acceptors (Lipinski definition) is 3. The van der Waals surface area contributed by atoms with Gasteiger partial charge in [0.15, 0.2) is 0 Å². The van der Waals surface area contributed by atoms with E-state index in [-0.39, 0.29) is 6.10 Å². The van der Waals surface area contributed by atoms with Crippen LogP contribution in [0.2, 0.25) is 0 Å². The molecule has 3 rings (SSSR count). The average molecular weight is 211 g/mol. The first-order valence-electron chi connectivity index (χ1n) is 6.34. The lowest BCUT2D eigenvalue weighted by molar-refractivity contribution is 0.0537. The third kappa shape index (κ3) is 1.81. The van der Waals surface area contributed by atoms with Crippen molar-refractivity contribution in [2.75, 3.05) is 26.3 Å². The van der Waals surface area contributed by atoms with Gasteiger partial charge in [-0.25, -0.2) is 0 Å². The molecule has 0 aromatic heterocycles. The van der Waals surface area contributed by atoms with Crippen LogP contribution < -0.4 is 0 Å². The molecule has 1 N–H and O–H groups in total. The fourth-order valence-electron chi connectivity index (χ4n) is 3.58. The van der Waals surface area contributed by atoms with Gasteiger partial charge in [0, 0.05) is 31.7 Å². The third-order valence-corrected chi connectivity index (χ3v) is 4.51. The summed E-state index contributed by atoms with van der Waals surface area (Å²) in [6, 6.07) is 0.641. The maximum atomic E-state index is 9.98. The first-order chi connectivity index (χ1) is 7.34. The Hall–Kier alpha value is -0.120. The van der Waals surface area contributed by atoms with E-state index in [1.165, 1.54) is 25.8 Å². The molecule has 3 heteroatoms. The van der Waals surface area contributed by atoms with Crippen molar-refractivity contribution in [3.8, 4) is 0 Å². The zero-order chi connectivity index (χ0) is 10.3. The number of rotatable bonds is 1. The van der Waals surface area contributed by atoms with Crippen LogP contribution in [0, 0.1) is 11.8 Å². The zero-order valence-corrected chi connectivity index (χ0v) is 9.27. The molecule has 2 aliphatic heterocycles. The van der Waals surface area contributed by atoms with Crippen molar-refractivity contribution in [1.82, 2.24) is 4.90 Å². The average Bonchev–Trinajstić information content (AvgIpc) is 2.86. The number of aliphatic hydroxyl groups excluding tert-OH is 1. The third-order valence-electron chi connectivity index (χ3n) is 4.51. The van der Waals surface area contributed by atoms with Crippen LogP contribution in [0.4, 0.5) is 0 Å². The van der Waals surface area contributed by atoms with Gasteiger partial charge in [-0.15, -0.1) is 0 Å². The number of hydrogen-bond donors (Lipinski definition) is 1. The van der Waals surface area contributed by atoms with Gasteiger partial charge in [-0.1, -0.05) is 6.42 Å². The van der Waals surface area contributed by atoms with E-state index in [4.69, 9.17) is 4.74 Å². The zero-order valence-electron chi connectivity index (χ0n) is 9.27. The smallest absolute Gasteiger partial charge is 0.0622 e. The molecule has 3 nitrogen and oxygen atoms in total. The van der Waals surface area contributed by atoms with Crippen LogP contribution in [-0.4, -0.2) is 48.5 Å². The van der Waals surface area contributed by atoms with Crippen molar-refractivity contribution >= 4 is 0 Å². The molecule has 4 atom stereocenters. The Balaban J connectivity index is 1.65. The summed E-state index contributed by atoms with van der Waals surface area (Å²) in [5, 5.41) is 9.98. The summed E-state index contributed by atoms with van der Waals surface area (Å²) in [5.74, 6) is 1.31. The second-order valence-electron chi connectivity index (χ2n) is 5.39. The van der Waals surface area contributed by atoms with Gasteiger partial charge in [0.05, 0.1) is 12.7 Å². The van der Waals surface area contributed by atoms with Gasteiger partial charge >= 0.3 is 0 Å². The molecule has 1 aliphatic carbocycles. The summed E-state index contributed by atoms with van der Waals surface area (Å²) >= 11 is 0. The summed E-state index contributed by atoms with van der Waals surface area (Å²) in [7, 11) is 0. The largest absolute Gasteiger partial charge is 0.393 e. The number of fused-ring (bicyclic) bond motifs is 1. The van der Waals surface area contributed by atoms with E-state index in [1.54, 1.807) is 0 Å². The molecule has 2 saturated heterocycles. The van der Waals surface area contributed by atoms with Gasteiger partial charge in [-0.05, 0) is 25.2 Å². The second-order valence-corrected chi connectivity index (χ2v) is 5.39. The minimum absolute atomic E-state index is 0.0314. The van der Waals surface area contributed by atoms with Crippen molar-refractivity contribution in [1.29, 1.82) is 0 Å². The first kappa shape index (κ1) is 10.1. The molecular weight excluding hydrogens is 190 g/mol. The number of likely N-dealkylation sites (tertiary alicyclic amines) is 1. The van der Waals surface area contributed by atoms with E-state index in [0.717, 1.165) is 32.1 Å². The Morgan fingerprint density at radius 1 is 1.13 bits per heavy atom. The molecular formula is C12H21NO2. The summed E-state index contributed by atoms with van der Waals surface area (Å²) in [6.45, 7) is 4.16. The number of nitrogens with zero attached hydrogens (tertiary/aromatic N) is 1. The van der Waals surface area contributed by atoms with Gasteiger partial charge in [-0.2, -0.15) is 0 Å². The lowest BCUT2D eigenvalue weighted by atomic mass is 9.80. The van der Waals surface area contributed by atoms with E-state index >= 15 is 0 Å². The van der Waals surface area contributed by atoms with Crippen LogP contribution in [-0.2, 0) is 4.74 Å². The summed E-state index contributed by atoms with van der Waals surface area (Å²) < 4.78 is 5.45. The van der Waals surface area contributed by atoms with Crippen LogP contribution in [0.1, 0.15) is 25.7 Å². The SMILES string of the molecule is O[C@@H]1CCC[C@H]2CN([C@@H]3CCOC3)C[C@H]21. The fourth-order valence-corrected chi connectivity index (χ4v) is 3.58. The molecule has 0 radical (unpaired) electrons. The molecule has 1 saturated carbocycles. The Bertz CT molecular complexity index is 228. The molecule has 86 valence electrons. The summed E-state index contributed by atoms with van der Waals surface area (Å²) in [5.41, 5.74) is 0. The summed E-state index contributed by atoms with van der Waals surface area (Å²) in [6.07, 6.45) is 4.73. The predicted molar refractivity (Wildman–Crippen MR) is 57.6 cm³/mol.